The van der Waals surface area contributed by atoms with Crippen molar-refractivity contribution >= 4 is 17.2 Å². The third kappa shape index (κ3) is 5.34. The molecule has 1 unspecified atom stereocenters. The zero-order valence-corrected chi connectivity index (χ0v) is 18.8. The fraction of sp³-hybridized carbons (Fsp3) is 0.435. The zero-order valence-electron chi connectivity index (χ0n) is 18.0. The molecule has 2 N–H and O–H groups in total. The van der Waals surface area contributed by atoms with E-state index in [0.29, 0.717) is 24.6 Å². The van der Waals surface area contributed by atoms with Crippen molar-refractivity contribution in [1.82, 2.24) is 15.5 Å². The normalized spacial score (nSPS) is 12.2. The largest absolute Gasteiger partial charge is 0.391 e. The van der Waals surface area contributed by atoms with Gasteiger partial charge in [0.25, 0.3) is 5.89 Å². The van der Waals surface area contributed by atoms with E-state index in [1.165, 1.54) is 10.4 Å². The first-order valence-electron chi connectivity index (χ1n) is 10.4. The van der Waals surface area contributed by atoms with E-state index in [-0.39, 0.29) is 12.5 Å². The summed E-state index contributed by atoms with van der Waals surface area (Å²) in [6.07, 6.45) is 2.20. The van der Waals surface area contributed by atoms with Crippen molar-refractivity contribution in [1.29, 1.82) is 0 Å². The highest BCUT2D eigenvalue weighted by Crippen LogP contribution is 2.30. The van der Waals surface area contributed by atoms with Gasteiger partial charge in [0.15, 0.2) is 0 Å². The summed E-state index contributed by atoms with van der Waals surface area (Å²) < 4.78 is 5.49. The highest BCUT2D eigenvalue weighted by molar-refractivity contribution is 7.15. The van der Waals surface area contributed by atoms with Gasteiger partial charge in [-0.15, -0.1) is 11.3 Å². The van der Waals surface area contributed by atoms with Gasteiger partial charge in [0.05, 0.1) is 11.0 Å². The first kappa shape index (κ1) is 22.2. The molecule has 0 aliphatic rings. The second-order valence-electron chi connectivity index (χ2n) is 7.48. The number of benzene rings is 1. The molecule has 3 rings (SSSR count). The fourth-order valence-corrected chi connectivity index (χ4v) is 4.28. The van der Waals surface area contributed by atoms with Crippen LogP contribution in [-0.2, 0) is 17.6 Å². The zero-order chi connectivity index (χ0) is 21.7. The molecule has 160 valence electrons. The third-order valence-electron chi connectivity index (χ3n) is 5.18. The first-order valence-corrected chi connectivity index (χ1v) is 11.2. The summed E-state index contributed by atoms with van der Waals surface area (Å²) in [5, 5.41) is 17.1. The molecule has 2 heterocycles. The summed E-state index contributed by atoms with van der Waals surface area (Å²) in [4.78, 5) is 18.2. The Bertz CT molecular complexity index is 986. The van der Waals surface area contributed by atoms with Crippen LogP contribution in [0.3, 0.4) is 0 Å². The lowest BCUT2D eigenvalue weighted by Crippen LogP contribution is -2.31. The first-order chi connectivity index (χ1) is 14.4. The number of carbonyl (C=O) groups is 1. The molecule has 1 amide bonds. The Labute approximate surface area is 181 Å². The summed E-state index contributed by atoms with van der Waals surface area (Å²) in [5.74, 6) is 1.08. The van der Waals surface area contributed by atoms with E-state index in [1.54, 1.807) is 18.3 Å². The molecule has 3 aromatic rings. The smallest absolute Gasteiger partial charge is 0.268 e. The third-order valence-corrected chi connectivity index (χ3v) is 6.40. The lowest BCUT2D eigenvalue weighted by molar-refractivity contribution is -0.121. The van der Waals surface area contributed by atoms with Gasteiger partial charge in [-0.25, -0.2) is 0 Å². The Kier molecular flexibility index (Phi) is 7.39. The Hall–Kier alpha value is -2.51. The molecule has 0 radical (unpaired) electrons. The average molecular weight is 428 g/mol. The van der Waals surface area contributed by atoms with E-state index in [0.717, 1.165) is 34.4 Å². The van der Waals surface area contributed by atoms with E-state index < -0.39 is 6.10 Å². The van der Waals surface area contributed by atoms with Crippen LogP contribution >= 0.6 is 11.3 Å². The fourth-order valence-electron chi connectivity index (χ4n) is 3.41. The number of carbonyl (C=O) groups excluding carboxylic acids is 1. The monoisotopic (exact) mass is 427 g/mol. The van der Waals surface area contributed by atoms with Gasteiger partial charge in [-0.05, 0) is 74.1 Å². The topological polar surface area (TPSA) is 88.2 Å². The Morgan fingerprint density at radius 1 is 1.23 bits per heavy atom. The summed E-state index contributed by atoms with van der Waals surface area (Å²) in [6.45, 7) is 8.33. The summed E-state index contributed by atoms with van der Waals surface area (Å²) in [6, 6.07) is 8.24. The second kappa shape index (κ2) is 10.00. The molecule has 30 heavy (non-hydrogen) atoms. The lowest BCUT2D eigenvalue weighted by Gasteiger charge is -2.15. The quantitative estimate of drug-likeness (QED) is 0.526. The summed E-state index contributed by atoms with van der Waals surface area (Å²) in [5.41, 5.74) is 4.39. The number of aryl methyl sites for hydroxylation is 3. The number of hydrogen-bond acceptors (Lipinski definition) is 6. The number of nitrogens with one attached hydrogen (secondary N) is 1. The van der Waals surface area contributed by atoms with Crippen LogP contribution in [0.25, 0.3) is 22.2 Å². The van der Waals surface area contributed by atoms with Crippen molar-refractivity contribution in [2.75, 3.05) is 6.54 Å². The maximum atomic E-state index is 11.3. The molecular weight excluding hydrogens is 398 g/mol. The Morgan fingerprint density at radius 2 is 1.97 bits per heavy atom. The van der Waals surface area contributed by atoms with Gasteiger partial charge in [0, 0.05) is 23.4 Å². The minimum atomic E-state index is -0.558. The number of nitrogens with zero attached hydrogens (tertiary/aromatic N) is 2. The van der Waals surface area contributed by atoms with Crippen LogP contribution in [0.4, 0.5) is 0 Å². The Balaban J connectivity index is 1.69. The molecule has 0 saturated heterocycles. The standard InChI is InChI=1S/C23H29N3O3S/c1-5-18-8-10-20(30-18)23-25-22(26-29-23)16-11-14(3)19(15(4)12-16)9-7-17(27)13-24-21(28)6-2/h8,10-12,17,27H,5-7,9,13H2,1-4H3,(H,24,28). The molecular formula is C23H29N3O3S. The molecule has 0 aliphatic carbocycles. The van der Waals surface area contributed by atoms with Crippen LogP contribution in [0.1, 0.15) is 48.3 Å². The van der Waals surface area contributed by atoms with E-state index in [1.807, 2.05) is 6.07 Å². The average Bonchev–Trinajstić information content (AvgIpc) is 3.40. The lowest BCUT2D eigenvalue weighted by atomic mass is 9.94. The van der Waals surface area contributed by atoms with Crippen molar-refractivity contribution in [3.63, 3.8) is 0 Å². The predicted molar refractivity (Wildman–Crippen MR) is 120 cm³/mol. The van der Waals surface area contributed by atoms with Gasteiger partial charge in [0.2, 0.25) is 11.7 Å². The number of hydrogen-bond donors (Lipinski definition) is 2. The minimum absolute atomic E-state index is 0.0429. The minimum Gasteiger partial charge on any atom is -0.391 e. The van der Waals surface area contributed by atoms with Crippen LogP contribution in [-0.4, -0.2) is 33.8 Å². The molecule has 0 aliphatic heterocycles. The van der Waals surface area contributed by atoms with Gasteiger partial charge in [-0.3, -0.25) is 4.79 Å². The van der Waals surface area contributed by atoms with Crippen molar-refractivity contribution in [2.45, 2.75) is 59.5 Å². The molecule has 0 fully saturated rings. The van der Waals surface area contributed by atoms with Crippen LogP contribution < -0.4 is 5.32 Å². The molecule has 0 spiro atoms. The number of thiophene rings is 1. The Morgan fingerprint density at radius 3 is 2.60 bits per heavy atom. The molecule has 7 heteroatoms. The van der Waals surface area contributed by atoms with Crippen molar-refractivity contribution in [2.24, 2.45) is 0 Å². The van der Waals surface area contributed by atoms with Crippen LogP contribution in [0, 0.1) is 13.8 Å². The van der Waals surface area contributed by atoms with Crippen LogP contribution in [0.5, 0.6) is 0 Å². The predicted octanol–water partition coefficient (Wildman–Crippen LogP) is 4.46. The van der Waals surface area contributed by atoms with Crippen molar-refractivity contribution in [3.8, 4) is 22.2 Å². The van der Waals surface area contributed by atoms with E-state index >= 15 is 0 Å². The van der Waals surface area contributed by atoms with Gasteiger partial charge >= 0.3 is 0 Å². The van der Waals surface area contributed by atoms with E-state index in [9.17, 15) is 9.90 Å². The summed E-state index contributed by atoms with van der Waals surface area (Å²) in [7, 11) is 0. The number of amides is 1. The summed E-state index contributed by atoms with van der Waals surface area (Å²) >= 11 is 1.67. The number of aromatic nitrogens is 2. The molecule has 1 aromatic carbocycles. The van der Waals surface area contributed by atoms with Crippen molar-refractivity contribution < 1.29 is 14.4 Å². The SMILES string of the molecule is CCC(=O)NCC(O)CCc1c(C)cc(-c2noc(-c3ccc(CC)s3)n2)cc1C. The van der Waals surface area contributed by atoms with Crippen molar-refractivity contribution in [3.05, 3.63) is 45.8 Å². The van der Waals surface area contributed by atoms with Gasteiger partial charge in [-0.2, -0.15) is 4.98 Å². The number of rotatable bonds is 9. The second-order valence-corrected chi connectivity index (χ2v) is 8.65. The molecule has 2 aromatic heterocycles. The van der Waals surface area contributed by atoms with Crippen LogP contribution in [0.15, 0.2) is 28.8 Å². The highest BCUT2D eigenvalue weighted by atomic mass is 32.1. The van der Waals surface area contributed by atoms with Gasteiger partial charge in [-0.1, -0.05) is 19.0 Å². The maximum Gasteiger partial charge on any atom is 0.268 e. The van der Waals surface area contributed by atoms with E-state index in [4.69, 9.17) is 4.52 Å². The maximum absolute atomic E-state index is 11.3. The molecule has 0 saturated carbocycles. The number of aliphatic hydroxyl groups is 1. The molecule has 1 atom stereocenters. The number of aliphatic hydroxyl groups excluding tert-OH is 1. The van der Waals surface area contributed by atoms with Gasteiger partial charge in [0.1, 0.15) is 0 Å². The molecule has 0 bridgehead atoms. The highest BCUT2D eigenvalue weighted by Gasteiger charge is 2.15. The van der Waals surface area contributed by atoms with Crippen LogP contribution in [0.2, 0.25) is 0 Å². The van der Waals surface area contributed by atoms with E-state index in [2.05, 4.69) is 54.4 Å². The van der Waals surface area contributed by atoms with Gasteiger partial charge < -0.3 is 14.9 Å². The molecule has 6 nitrogen and oxygen atoms in total.